The number of nitrogens with one attached hydrogen (secondary N) is 2. The molecular formula is C16H20N2O3S2. The number of hydrogen-bond acceptors (Lipinski definition) is 4. The van der Waals surface area contributed by atoms with E-state index in [4.69, 9.17) is 0 Å². The molecule has 0 unspecified atom stereocenters. The Morgan fingerprint density at radius 2 is 1.83 bits per heavy atom. The van der Waals surface area contributed by atoms with E-state index in [9.17, 15) is 13.2 Å². The molecule has 0 aliphatic carbocycles. The van der Waals surface area contributed by atoms with Crippen LogP contribution in [0.25, 0.3) is 0 Å². The van der Waals surface area contributed by atoms with Crippen molar-refractivity contribution < 1.29 is 13.2 Å². The van der Waals surface area contributed by atoms with Crippen molar-refractivity contribution >= 4 is 27.3 Å². The first-order valence-corrected chi connectivity index (χ1v) is 9.91. The van der Waals surface area contributed by atoms with Gasteiger partial charge in [-0.3, -0.25) is 4.79 Å². The number of carbonyl (C=O) groups excluding carboxylic acids is 1. The highest BCUT2D eigenvalue weighted by atomic mass is 32.2. The van der Waals surface area contributed by atoms with E-state index >= 15 is 0 Å². The molecule has 0 saturated heterocycles. The second kappa shape index (κ2) is 7.72. The third kappa shape index (κ3) is 6.13. The van der Waals surface area contributed by atoms with Gasteiger partial charge in [0.25, 0.3) is 5.91 Å². The van der Waals surface area contributed by atoms with Crippen LogP contribution in [0.5, 0.6) is 0 Å². The van der Waals surface area contributed by atoms with Crippen LogP contribution in [0.15, 0.2) is 36.4 Å². The molecule has 0 fully saturated rings. The number of sulfonamides is 1. The van der Waals surface area contributed by atoms with Crippen LogP contribution >= 0.6 is 11.3 Å². The molecule has 0 radical (unpaired) electrons. The van der Waals surface area contributed by atoms with Crippen LogP contribution in [-0.4, -0.2) is 27.1 Å². The normalized spacial score (nSPS) is 11.4. The van der Waals surface area contributed by atoms with Crippen molar-refractivity contribution in [3.05, 3.63) is 57.3 Å². The quantitative estimate of drug-likeness (QED) is 0.801. The van der Waals surface area contributed by atoms with Crippen molar-refractivity contribution in [1.29, 1.82) is 0 Å². The van der Waals surface area contributed by atoms with Gasteiger partial charge in [0, 0.05) is 18.0 Å². The maximum Gasteiger partial charge on any atom is 0.261 e. The van der Waals surface area contributed by atoms with Gasteiger partial charge in [-0.25, -0.2) is 13.1 Å². The van der Waals surface area contributed by atoms with Crippen LogP contribution < -0.4 is 10.0 Å². The first-order chi connectivity index (χ1) is 10.8. The summed E-state index contributed by atoms with van der Waals surface area (Å²) in [6.45, 7) is 2.85. The Morgan fingerprint density at radius 3 is 2.48 bits per heavy atom. The van der Waals surface area contributed by atoms with E-state index in [1.54, 1.807) is 6.07 Å². The molecule has 1 aromatic carbocycles. The summed E-state index contributed by atoms with van der Waals surface area (Å²) in [6, 6.07) is 11.6. The molecule has 1 heterocycles. The van der Waals surface area contributed by atoms with E-state index < -0.39 is 10.0 Å². The minimum absolute atomic E-state index is 0.113. The minimum Gasteiger partial charge on any atom is -0.347 e. The van der Waals surface area contributed by atoms with Crippen LogP contribution in [0.1, 0.15) is 25.7 Å². The Hall–Kier alpha value is -1.70. The lowest BCUT2D eigenvalue weighted by Gasteiger charge is -2.04. The second-order valence-corrected chi connectivity index (χ2v) is 8.35. The van der Waals surface area contributed by atoms with Crippen LogP contribution in [0.3, 0.4) is 0 Å². The number of amides is 1. The van der Waals surface area contributed by atoms with E-state index in [0.29, 0.717) is 24.4 Å². The van der Waals surface area contributed by atoms with Gasteiger partial charge in [0.05, 0.1) is 11.1 Å². The zero-order valence-corrected chi connectivity index (χ0v) is 14.8. The van der Waals surface area contributed by atoms with E-state index in [1.165, 1.54) is 16.9 Å². The van der Waals surface area contributed by atoms with Crippen molar-refractivity contribution in [1.82, 2.24) is 10.0 Å². The average molecular weight is 352 g/mol. The molecule has 0 aliphatic heterocycles. The minimum atomic E-state index is -3.17. The fraction of sp³-hybridized carbons (Fsp3) is 0.312. The molecule has 0 bridgehead atoms. The average Bonchev–Trinajstić information content (AvgIpc) is 2.94. The topological polar surface area (TPSA) is 75.3 Å². The molecule has 5 nitrogen and oxygen atoms in total. The molecule has 23 heavy (non-hydrogen) atoms. The van der Waals surface area contributed by atoms with Crippen molar-refractivity contribution in [3.63, 3.8) is 0 Å². The summed E-state index contributed by atoms with van der Waals surface area (Å²) in [5.74, 6) is -0.113. The van der Waals surface area contributed by atoms with Crippen molar-refractivity contribution in [2.24, 2.45) is 0 Å². The summed E-state index contributed by atoms with van der Waals surface area (Å²) in [4.78, 5) is 13.7. The van der Waals surface area contributed by atoms with E-state index in [1.807, 2.05) is 37.3 Å². The maximum absolute atomic E-state index is 12.1. The molecule has 1 aromatic heterocycles. The van der Waals surface area contributed by atoms with Gasteiger partial charge in [-0.05, 0) is 31.0 Å². The van der Waals surface area contributed by atoms with E-state index in [-0.39, 0.29) is 5.91 Å². The molecule has 2 aromatic rings. The molecule has 1 amide bonds. The summed E-state index contributed by atoms with van der Waals surface area (Å²) >= 11 is 1.38. The lowest BCUT2D eigenvalue weighted by Crippen LogP contribution is -2.24. The summed E-state index contributed by atoms with van der Waals surface area (Å²) in [6.07, 6.45) is 1.70. The van der Waals surface area contributed by atoms with Crippen molar-refractivity contribution in [2.45, 2.75) is 19.9 Å². The van der Waals surface area contributed by atoms with Crippen molar-refractivity contribution in [2.75, 3.05) is 12.8 Å². The summed E-state index contributed by atoms with van der Waals surface area (Å²) < 4.78 is 24.4. The lowest BCUT2D eigenvalue weighted by atomic mass is 10.1. The highest BCUT2D eigenvalue weighted by Crippen LogP contribution is 2.17. The summed E-state index contributed by atoms with van der Waals surface area (Å²) in [7, 11) is -3.17. The Bertz CT molecular complexity index is 765. The van der Waals surface area contributed by atoms with E-state index in [0.717, 1.165) is 16.7 Å². The van der Waals surface area contributed by atoms with Crippen LogP contribution in [0.2, 0.25) is 0 Å². The van der Waals surface area contributed by atoms with E-state index in [2.05, 4.69) is 10.0 Å². The molecule has 0 saturated carbocycles. The highest BCUT2D eigenvalue weighted by molar-refractivity contribution is 7.88. The molecule has 2 N–H and O–H groups in total. The Balaban J connectivity index is 1.84. The molecule has 2 rings (SSSR count). The monoisotopic (exact) mass is 352 g/mol. The zero-order chi connectivity index (χ0) is 16.9. The predicted octanol–water partition coefficient (Wildman–Crippen LogP) is 2.08. The first-order valence-electron chi connectivity index (χ1n) is 7.20. The second-order valence-electron chi connectivity index (χ2n) is 5.35. The van der Waals surface area contributed by atoms with Crippen LogP contribution in [0.4, 0.5) is 0 Å². The summed E-state index contributed by atoms with van der Waals surface area (Å²) in [5, 5.41) is 2.89. The SMILES string of the molecule is Cc1ccc(CNC(=O)c2ccc(CCNS(C)(=O)=O)s2)cc1. The van der Waals surface area contributed by atoms with Gasteiger partial charge in [0.1, 0.15) is 0 Å². The van der Waals surface area contributed by atoms with Gasteiger partial charge in [-0.2, -0.15) is 0 Å². The number of hydrogen-bond donors (Lipinski definition) is 2. The van der Waals surface area contributed by atoms with Gasteiger partial charge in [-0.1, -0.05) is 29.8 Å². The van der Waals surface area contributed by atoms with Gasteiger partial charge in [-0.15, -0.1) is 11.3 Å². The maximum atomic E-state index is 12.1. The standard InChI is InChI=1S/C16H20N2O3S2/c1-12-3-5-13(6-4-12)11-17-16(19)15-8-7-14(22-15)9-10-18-23(2,20)21/h3-8,18H,9-11H2,1-2H3,(H,17,19). The van der Waals surface area contributed by atoms with Crippen LogP contribution in [-0.2, 0) is 23.0 Å². The van der Waals surface area contributed by atoms with Gasteiger partial charge < -0.3 is 5.32 Å². The third-order valence-electron chi connectivity index (χ3n) is 3.19. The fourth-order valence-corrected chi connectivity index (χ4v) is 3.37. The van der Waals surface area contributed by atoms with Crippen LogP contribution in [0, 0.1) is 6.92 Å². The molecule has 0 spiro atoms. The van der Waals surface area contributed by atoms with Gasteiger partial charge >= 0.3 is 0 Å². The number of carbonyl (C=O) groups is 1. The fourth-order valence-electron chi connectivity index (χ4n) is 1.97. The first kappa shape index (κ1) is 17.7. The predicted molar refractivity (Wildman–Crippen MR) is 93.2 cm³/mol. The Kier molecular flexibility index (Phi) is 5.92. The number of rotatable bonds is 7. The molecule has 0 atom stereocenters. The number of thiophene rings is 1. The highest BCUT2D eigenvalue weighted by Gasteiger charge is 2.09. The Labute approximate surface area is 140 Å². The van der Waals surface area contributed by atoms with Gasteiger partial charge in [0.15, 0.2) is 0 Å². The zero-order valence-electron chi connectivity index (χ0n) is 13.1. The molecule has 124 valence electrons. The largest absolute Gasteiger partial charge is 0.347 e. The lowest BCUT2D eigenvalue weighted by molar-refractivity contribution is 0.0955. The molecule has 0 aliphatic rings. The number of aryl methyl sites for hydroxylation is 1. The number of benzene rings is 1. The van der Waals surface area contributed by atoms with Crippen molar-refractivity contribution in [3.8, 4) is 0 Å². The molecular weight excluding hydrogens is 332 g/mol. The Morgan fingerprint density at radius 1 is 1.13 bits per heavy atom. The summed E-state index contributed by atoms with van der Waals surface area (Å²) in [5.41, 5.74) is 2.24. The molecule has 7 heteroatoms. The van der Waals surface area contributed by atoms with Gasteiger partial charge in [0.2, 0.25) is 10.0 Å². The third-order valence-corrected chi connectivity index (χ3v) is 5.07. The smallest absolute Gasteiger partial charge is 0.261 e.